The van der Waals surface area contributed by atoms with Gasteiger partial charge in [0, 0.05) is 34.6 Å². The van der Waals surface area contributed by atoms with Crippen molar-refractivity contribution in [3.05, 3.63) is 0 Å². The van der Waals surface area contributed by atoms with Gasteiger partial charge in [-0.25, -0.2) is 4.18 Å². The monoisotopic (exact) mass is 631 g/mol. The Balaban J connectivity index is 2.63. The number of aliphatic hydroxyl groups is 2. The van der Waals surface area contributed by atoms with Gasteiger partial charge in [-0.1, -0.05) is 0 Å². The van der Waals surface area contributed by atoms with Gasteiger partial charge in [0.1, 0.15) is 24.4 Å². The Morgan fingerprint density at radius 1 is 0.738 bits per heavy atom. The number of esters is 4. The van der Waals surface area contributed by atoms with Crippen LogP contribution in [0, 0.1) is 0 Å². The molecule has 0 bridgehead atoms. The van der Waals surface area contributed by atoms with Gasteiger partial charge in [-0.2, -0.15) is 8.42 Å². The van der Waals surface area contributed by atoms with Crippen LogP contribution in [0.2, 0.25) is 0 Å². The number of nitrogens with one attached hydrogen (secondary N) is 1. The van der Waals surface area contributed by atoms with Gasteiger partial charge in [0.2, 0.25) is 5.91 Å². The molecule has 10 atom stereocenters. The van der Waals surface area contributed by atoms with Gasteiger partial charge in [0.25, 0.3) is 0 Å². The Kier molecular flexibility index (Phi) is 12.5. The molecule has 2 heterocycles. The molecule has 2 rings (SSSR count). The molecule has 0 saturated carbocycles. The van der Waals surface area contributed by atoms with Crippen LogP contribution in [0.1, 0.15) is 34.6 Å². The Hall–Kier alpha value is -2.98. The molecule has 2 aliphatic rings. The first kappa shape index (κ1) is 35.2. The van der Waals surface area contributed by atoms with Gasteiger partial charge in [-0.15, -0.1) is 0 Å². The van der Waals surface area contributed by atoms with Gasteiger partial charge in [-0.05, 0) is 0 Å². The number of aliphatic hydroxyl groups excluding tert-OH is 2. The molecule has 42 heavy (non-hydrogen) atoms. The molecule has 1 amide bonds. The fourth-order valence-electron chi connectivity index (χ4n) is 4.36. The topological polar surface area (TPSA) is 266 Å². The highest BCUT2D eigenvalue weighted by Crippen LogP contribution is 2.34. The minimum Gasteiger partial charge on any atom is -0.457 e. The van der Waals surface area contributed by atoms with Gasteiger partial charge in [0.15, 0.2) is 37.0 Å². The summed E-state index contributed by atoms with van der Waals surface area (Å²) in [6.07, 6.45) is -15.3. The second kappa shape index (κ2) is 15.0. The van der Waals surface area contributed by atoms with E-state index >= 15 is 0 Å². The van der Waals surface area contributed by atoms with Crippen molar-refractivity contribution in [3.63, 3.8) is 0 Å². The average molecular weight is 632 g/mol. The molecule has 2 aliphatic heterocycles. The van der Waals surface area contributed by atoms with Gasteiger partial charge in [0.05, 0.1) is 13.2 Å². The van der Waals surface area contributed by atoms with E-state index in [9.17, 15) is 42.6 Å². The van der Waals surface area contributed by atoms with Crippen molar-refractivity contribution in [2.24, 2.45) is 0 Å². The minimum absolute atomic E-state index is 0.686. The first-order chi connectivity index (χ1) is 19.4. The Morgan fingerprint density at radius 2 is 1.24 bits per heavy atom. The van der Waals surface area contributed by atoms with Crippen LogP contribution in [0.4, 0.5) is 0 Å². The molecular formula is C22H33NO18S. The third kappa shape index (κ3) is 10.1. The van der Waals surface area contributed by atoms with E-state index in [1.807, 2.05) is 0 Å². The van der Waals surface area contributed by atoms with Gasteiger partial charge < -0.3 is 48.7 Å². The first-order valence-electron chi connectivity index (χ1n) is 12.3. The third-order valence-electron chi connectivity index (χ3n) is 5.69. The maximum absolute atomic E-state index is 12.1. The van der Waals surface area contributed by atoms with Crippen molar-refractivity contribution < 1.29 is 84.5 Å². The normalized spacial score (nSPS) is 33.1. The number of rotatable bonds is 11. The van der Waals surface area contributed by atoms with Crippen LogP contribution in [0.3, 0.4) is 0 Å². The van der Waals surface area contributed by atoms with Gasteiger partial charge >= 0.3 is 34.3 Å². The fourth-order valence-corrected chi connectivity index (χ4v) is 4.66. The van der Waals surface area contributed by atoms with Crippen LogP contribution in [0.25, 0.3) is 0 Å². The smallest absolute Gasteiger partial charge is 0.397 e. The molecule has 0 aromatic heterocycles. The van der Waals surface area contributed by atoms with Crippen molar-refractivity contribution in [2.75, 3.05) is 13.2 Å². The Bertz CT molecular complexity index is 1110. The summed E-state index contributed by atoms with van der Waals surface area (Å²) >= 11 is 0. The summed E-state index contributed by atoms with van der Waals surface area (Å²) in [7, 11) is -5.09. The fraction of sp³-hybridized carbons (Fsp3) is 0.773. The summed E-state index contributed by atoms with van der Waals surface area (Å²) in [5.41, 5.74) is 0. The lowest BCUT2D eigenvalue weighted by atomic mass is 9.95. The summed E-state index contributed by atoms with van der Waals surface area (Å²) in [5, 5.41) is 22.7. The molecule has 240 valence electrons. The lowest BCUT2D eigenvalue weighted by molar-refractivity contribution is -0.346. The zero-order valence-electron chi connectivity index (χ0n) is 23.1. The van der Waals surface area contributed by atoms with E-state index in [1.54, 1.807) is 0 Å². The SMILES string of the molecule is CC(=O)N[C@@H]1[C@@H](OC(C)=O)[C@H](O[C@@H]2O[C@H](COS(=O)(=O)O)[C@H](OC(C)=O)[C@H](OC(C)=O)C2OC(C)=O)[C@@H](CO)O[C@H]1O. The molecule has 0 radical (unpaired) electrons. The van der Waals surface area contributed by atoms with Crippen LogP contribution in [0.15, 0.2) is 0 Å². The number of ether oxygens (including phenoxy) is 7. The highest BCUT2D eigenvalue weighted by atomic mass is 32.3. The maximum Gasteiger partial charge on any atom is 0.397 e. The lowest BCUT2D eigenvalue weighted by Gasteiger charge is -2.48. The van der Waals surface area contributed by atoms with E-state index < -0.39 is 115 Å². The van der Waals surface area contributed by atoms with Crippen molar-refractivity contribution in [2.45, 2.75) is 96.0 Å². The quantitative estimate of drug-likeness (QED) is 0.0996. The zero-order chi connectivity index (χ0) is 31.9. The van der Waals surface area contributed by atoms with Crippen LogP contribution in [-0.2, 0) is 71.7 Å². The third-order valence-corrected chi connectivity index (χ3v) is 6.12. The van der Waals surface area contributed by atoms with Crippen molar-refractivity contribution >= 4 is 40.2 Å². The number of hydrogen-bond donors (Lipinski definition) is 4. The number of amides is 1. The van der Waals surface area contributed by atoms with E-state index in [4.69, 9.17) is 37.7 Å². The van der Waals surface area contributed by atoms with E-state index in [-0.39, 0.29) is 0 Å². The van der Waals surface area contributed by atoms with Crippen molar-refractivity contribution in [1.29, 1.82) is 0 Å². The molecule has 2 saturated heterocycles. The van der Waals surface area contributed by atoms with Crippen molar-refractivity contribution in [1.82, 2.24) is 5.32 Å². The van der Waals surface area contributed by atoms with E-state index in [2.05, 4.69) is 9.50 Å². The molecule has 0 spiro atoms. The van der Waals surface area contributed by atoms with Crippen molar-refractivity contribution in [3.8, 4) is 0 Å². The predicted octanol–water partition coefficient (Wildman–Crippen LogP) is -3.14. The maximum atomic E-state index is 12.1. The molecule has 0 aromatic carbocycles. The second-order valence-electron chi connectivity index (χ2n) is 9.13. The molecule has 2 fully saturated rings. The summed E-state index contributed by atoms with van der Waals surface area (Å²) in [6, 6.07) is -1.47. The number of hydrogen-bond acceptors (Lipinski definition) is 17. The molecule has 0 aromatic rings. The standard InChI is InChI=1S/C22H33NO18S/c1-8(25)23-15-18(36-10(3)27)16(13(6-24)39-21(15)30)41-22-20(38-12(5)29)19(37-11(4)28)17(35-9(2)26)14(40-22)7-34-42(31,32)33/h13-22,24,30H,6-7H2,1-5H3,(H,23,25)(H,31,32,33)/t13-,14-,15-,16-,17+,18-,19+,20?,21-,22+/m1/s1. The van der Waals surface area contributed by atoms with E-state index in [0.29, 0.717) is 0 Å². The largest absolute Gasteiger partial charge is 0.457 e. The van der Waals surface area contributed by atoms with Crippen LogP contribution >= 0.6 is 0 Å². The zero-order valence-corrected chi connectivity index (χ0v) is 23.9. The molecule has 4 N–H and O–H groups in total. The molecule has 20 heteroatoms. The first-order valence-corrected chi connectivity index (χ1v) is 13.6. The molecule has 0 aliphatic carbocycles. The van der Waals surface area contributed by atoms with E-state index in [1.165, 1.54) is 0 Å². The molecule has 1 unspecified atom stereocenters. The second-order valence-corrected chi connectivity index (χ2v) is 10.2. The lowest BCUT2D eigenvalue weighted by Crippen LogP contribution is -2.68. The number of carbonyl (C=O) groups is 5. The van der Waals surface area contributed by atoms with Crippen LogP contribution in [-0.4, -0.2) is 128 Å². The molecule has 19 nitrogen and oxygen atoms in total. The number of carbonyl (C=O) groups excluding carboxylic acids is 5. The van der Waals surface area contributed by atoms with Crippen LogP contribution < -0.4 is 5.32 Å². The summed E-state index contributed by atoms with van der Waals surface area (Å²) < 4.78 is 74.0. The highest BCUT2D eigenvalue weighted by Gasteiger charge is 2.56. The summed E-state index contributed by atoms with van der Waals surface area (Å²) in [4.78, 5) is 59.7. The van der Waals surface area contributed by atoms with E-state index in [0.717, 1.165) is 34.6 Å². The predicted molar refractivity (Wildman–Crippen MR) is 129 cm³/mol. The minimum atomic E-state index is -5.09. The Morgan fingerprint density at radius 3 is 1.71 bits per heavy atom. The summed E-state index contributed by atoms with van der Waals surface area (Å²) in [5.74, 6) is -4.53. The van der Waals surface area contributed by atoms with Crippen LogP contribution in [0.5, 0.6) is 0 Å². The highest BCUT2D eigenvalue weighted by molar-refractivity contribution is 7.80. The Labute approximate surface area is 239 Å². The van der Waals surface area contributed by atoms with Gasteiger partial charge in [-0.3, -0.25) is 28.5 Å². The average Bonchev–Trinajstić information content (AvgIpc) is 2.83. The molecular weight excluding hydrogens is 598 g/mol. The summed E-state index contributed by atoms with van der Waals surface area (Å²) in [6.45, 7) is 3.05.